The molecule has 0 saturated heterocycles. The van der Waals surface area contributed by atoms with Crippen LogP contribution in [0.5, 0.6) is 0 Å². The predicted molar refractivity (Wildman–Crippen MR) is 79.2 cm³/mol. The molecular weight excluding hydrogens is 218 g/mol. The molecule has 3 rings (SSSR count). The minimum atomic E-state index is 1.09. The number of nitrogens with zero attached hydrogens (tertiary/aromatic N) is 1. The summed E-state index contributed by atoms with van der Waals surface area (Å²) in [6, 6.07) is 13.5. The molecule has 3 aromatic rings. The molecule has 92 valence electrons. The fourth-order valence-corrected chi connectivity index (χ4v) is 2.91. The van der Waals surface area contributed by atoms with E-state index >= 15 is 0 Å². The van der Waals surface area contributed by atoms with Crippen molar-refractivity contribution in [1.82, 2.24) is 4.57 Å². The Morgan fingerprint density at radius 3 is 2.50 bits per heavy atom. The Bertz CT molecular complexity index is 719. The Morgan fingerprint density at radius 2 is 1.78 bits per heavy atom. The molecule has 0 spiro atoms. The van der Waals surface area contributed by atoms with Crippen molar-refractivity contribution >= 4 is 21.8 Å². The number of aryl methyl sites for hydroxylation is 3. The van der Waals surface area contributed by atoms with Gasteiger partial charge in [-0.05, 0) is 30.0 Å². The topological polar surface area (TPSA) is 4.93 Å². The SMILES string of the molecule is CCc1ccc2c3cccc(CC)c3n(C)c2c1. The van der Waals surface area contributed by atoms with Gasteiger partial charge in [0.25, 0.3) is 0 Å². The standard InChI is InChI=1S/C17H19N/c1-4-12-9-10-14-15-8-6-7-13(5-2)17(15)18(3)16(14)11-12/h6-11H,4-5H2,1-3H3. The lowest BCUT2D eigenvalue weighted by Crippen LogP contribution is -1.91. The molecule has 0 aliphatic carbocycles. The maximum Gasteiger partial charge on any atom is 0.0521 e. The van der Waals surface area contributed by atoms with Crippen LogP contribution in [-0.2, 0) is 19.9 Å². The van der Waals surface area contributed by atoms with E-state index in [1.165, 1.54) is 32.9 Å². The van der Waals surface area contributed by atoms with E-state index in [4.69, 9.17) is 0 Å². The molecule has 0 atom stereocenters. The second-order valence-electron chi connectivity index (χ2n) is 4.93. The largest absolute Gasteiger partial charge is 0.343 e. The molecule has 1 heteroatoms. The van der Waals surface area contributed by atoms with Crippen LogP contribution in [0.1, 0.15) is 25.0 Å². The van der Waals surface area contributed by atoms with Crippen molar-refractivity contribution in [3.63, 3.8) is 0 Å². The number of hydrogen-bond acceptors (Lipinski definition) is 0. The normalized spacial score (nSPS) is 11.5. The molecule has 0 N–H and O–H groups in total. The van der Waals surface area contributed by atoms with E-state index in [0.29, 0.717) is 0 Å². The molecule has 0 aliphatic heterocycles. The third kappa shape index (κ3) is 1.47. The molecule has 0 radical (unpaired) electrons. The third-order valence-corrected chi connectivity index (χ3v) is 3.96. The molecule has 0 aliphatic rings. The number of aromatic nitrogens is 1. The van der Waals surface area contributed by atoms with Gasteiger partial charge >= 0.3 is 0 Å². The van der Waals surface area contributed by atoms with E-state index in [1.807, 2.05) is 0 Å². The van der Waals surface area contributed by atoms with Crippen molar-refractivity contribution in [3.05, 3.63) is 47.5 Å². The molecule has 0 unspecified atom stereocenters. The molecule has 0 amide bonds. The van der Waals surface area contributed by atoms with Gasteiger partial charge in [-0.3, -0.25) is 0 Å². The Kier molecular flexibility index (Phi) is 2.62. The van der Waals surface area contributed by atoms with Gasteiger partial charge in [0.1, 0.15) is 0 Å². The lowest BCUT2D eigenvalue weighted by Gasteiger charge is -2.03. The predicted octanol–water partition coefficient (Wildman–Crippen LogP) is 4.46. The molecule has 0 bridgehead atoms. The average Bonchev–Trinajstić information content (AvgIpc) is 2.72. The first-order chi connectivity index (χ1) is 8.76. The summed E-state index contributed by atoms with van der Waals surface area (Å²) in [5.41, 5.74) is 5.59. The van der Waals surface area contributed by atoms with Crippen LogP contribution in [0.25, 0.3) is 21.8 Å². The highest BCUT2D eigenvalue weighted by Gasteiger charge is 2.10. The van der Waals surface area contributed by atoms with E-state index in [9.17, 15) is 0 Å². The molecule has 2 aromatic carbocycles. The van der Waals surface area contributed by atoms with Gasteiger partial charge < -0.3 is 4.57 Å². The highest BCUT2D eigenvalue weighted by atomic mass is 14.9. The van der Waals surface area contributed by atoms with Crippen LogP contribution in [0.4, 0.5) is 0 Å². The summed E-state index contributed by atoms with van der Waals surface area (Å²) in [5, 5.41) is 2.76. The van der Waals surface area contributed by atoms with Crippen LogP contribution in [-0.4, -0.2) is 4.57 Å². The number of rotatable bonds is 2. The summed E-state index contributed by atoms with van der Waals surface area (Å²) in [4.78, 5) is 0. The smallest absolute Gasteiger partial charge is 0.0521 e. The summed E-state index contributed by atoms with van der Waals surface area (Å²) >= 11 is 0. The Labute approximate surface area is 108 Å². The van der Waals surface area contributed by atoms with Crippen molar-refractivity contribution in [2.75, 3.05) is 0 Å². The Hall–Kier alpha value is -1.76. The minimum absolute atomic E-state index is 1.09. The fourth-order valence-electron chi connectivity index (χ4n) is 2.91. The first-order valence-corrected chi connectivity index (χ1v) is 6.75. The van der Waals surface area contributed by atoms with Crippen LogP contribution in [0, 0.1) is 0 Å². The van der Waals surface area contributed by atoms with Crippen LogP contribution in [0.2, 0.25) is 0 Å². The fraction of sp³-hybridized carbons (Fsp3) is 0.294. The van der Waals surface area contributed by atoms with E-state index in [-0.39, 0.29) is 0 Å². The quantitative estimate of drug-likeness (QED) is 0.620. The number of fused-ring (bicyclic) bond motifs is 3. The maximum absolute atomic E-state index is 2.35. The first-order valence-electron chi connectivity index (χ1n) is 6.75. The van der Waals surface area contributed by atoms with Crippen LogP contribution in [0.3, 0.4) is 0 Å². The van der Waals surface area contributed by atoms with Crippen LogP contribution in [0.15, 0.2) is 36.4 Å². The van der Waals surface area contributed by atoms with Crippen molar-refractivity contribution in [2.24, 2.45) is 7.05 Å². The van der Waals surface area contributed by atoms with E-state index in [2.05, 4.69) is 61.9 Å². The summed E-state index contributed by atoms with van der Waals surface area (Å²) in [5.74, 6) is 0. The maximum atomic E-state index is 2.35. The average molecular weight is 237 g/mol. The number of benzene rings is 2. The molecule has 1 nitrogen and oxygen atoms in total. The second-order valence-corrected chi connectivity index (χ2v) is 4.93. The second kappa shape index (κ2) is 4.16. The van der Waals surface area contributed by atoms with E-state index < -0.39 is 0 Å². The highest BCUT2D eigenvalue weighted by molar-refractivity contribution is 6.09. The zero-order chi connectivity index (χ0) is 12.7. The third-order valence-electron chi connectivity index (χ3n) is 3.96. The minimum Gasteiger partial charge on any atom is -0.343 e. The Balaban J connectivity index is 2.49. The van der Waals surface area contributed by atoms with Crippen LogP contribution < -0.4 is 0 Å². The van der Waals surface area contributed by atoms with Gasteiger partial charge in [0, 0.05) is 23.3 Å². The zero-order valence-electron chi connectivity index (χ0n) is 11.3. The van der Waals surface area contributed by atoms with Crippen molar-refractivity contribution < 1.29 is 0 Å². The summed E-state index contributed by atoms with van der Waals surface area (Å²) in [6.45, 7) is 4.44. The van der Waals surface area contributed by atoms with E-state index in [1.54, 1.807) is 0 Å². The van der Waals surface area contributed by atoms with Gasteiger partial charge in [-0.15, -0.1) is 0 Å². The lowest BCUT2D eigenvalue weighted by atomic mass is 10.1. The van der Waals surface area contributed by atoms with Gasteiger partial charge in [-0.2, -0.15) is 0 Å². The molecule has 1 aromatic heterocycles. The monoisotopic (exact) mass is 237 g/mol. The molecule has 1 heterocycles. The van der Waals surface area contributed by atoms with Crippen molar-refractivity contribution in [1.29, 1.82) is 0 Å². The number of hydrogen-bond donors (Lipinski definition) is 0. The van der Waals surface area contributed by atoms with Gasteiger partial charge in [-0.1, -0.05) is 44.2 Å². The van der Waals surface area contributed by atoms with Gasteiger partial charge in [0.15, 0.2) is 0 Å². The summed E-state index contributed by atoms with van der Waals surface area (Å²) < 4.78 is 2.35. The molecule has 18 heavy (non-hydrogen) atoms. The molecule has 0 saturated carbocycles. The van der Waals surface area contributed by atoms with Gasteiger partial charge in [-0.25, -0.2) is 0 Å². The summed E-state index contributed by atoms with van der Waals surface area (Å²) in [7, 11) is 2.18. The van der Waals surface area contributed by atoms with Crippen molar-refractivity contribution in [2.45, 2.75) is 26.7 Å². The molecule has 0 fully saturated rings. The van der Waals surface area contributed by atoms with E-state index in [0.717, 1.165) is 12.8 Å². The number of para-hydroxylation sites is 1. The van der Waals surface area contributed by atoms with Crippen molar-refractivity contribution in [3.8, 4) is 0 Å². The molecular formula is C17H19N. The van der Waals surface area contributed by atoms with Gasteiger partial charge in [0.05, 0.1) is 5.52 Å². The van der Waals surface area contributed by atoms with Crippen LogP contribution >= 0.6 is 0 Å². The zero-order valence-corrected chi connectivity index (χ0v) is 11.3. The summed E-state index contributed by atoms with van der Waals surface area (Å²) in [6.07, 6.45) is 2.18. The lowest BCUT2D eigenvalue weighted by molar-refractivity contribution is 0.991. The first kappa shape index (κ1) is 11.3. The van der Waals surface area contributed by atoms with Gasteiger partial charge in [0.2, 0.25) is 0 Å². The Morgan fingerprint density at radius 1 is 0.944 bits per heavy atom. The highest BCUT2D eigenvalue weighted by Crippen LogP contribution is 2.31.